The first-order valence-electron chi connectivity index (χ1n) is 5.63. The van der Waals surface area contributed by atoms with Gasteiger partial charge >= 0.3 is 6.55 Å². The zero-order valence-corrected chi connectivity index (χ0v) is 11.3. The number of hydrogen-bond donors (Lipinski definition) is 1. The Balaban J connectivity index is 2.13. The topological polar surface area (TPSA) is 74.6 Å². The Labute approximate surface area is 113 Å². The third kappa shape index (κ3) is 2.86. The van der Waals surface area contributed by atoms with Crippen LogP contribution < -0.4 is 5.73 Å². The average molecular weight is 288 g/mol. The highest BCUT2D eigenvalue weighted by atomic mass is 32.2. The molecular weight excluding hydrogens is 274 g/mol. The molecule has 0 unspecified atom stereocenters. The predicted molar refractivity (Wildman–Crippen MR) is 67.9 cm³/mol. The molecule has 2 heterocycles. The van der Waals surface area contributed by atoms with E-state index in [4.69, 9.17) is 5.73 Å². The molecule has 2 N–H and O–H groups in total. The van der Waals surface area contributed by atoms with Crippen molar-refractivity contribution in [2.24, 2.45) is 0 Å². The van der Waals surface area contributed by atoms with Crippen LogP contribution in [0.3, 0.4) is 0 Å². The van der Waals surface area contributed by atoms with E-state index in [0.717, 1.165) is 4.57 Å². The van der Waals surface area contributed by atoms with E-state index in [1.807, 2.05) is 13.8 Å². The van der Waals surface area contributed by atoms with Crippen LogP contribution in [0.2, 0.25) is 0 Å². The summed E-state index contributed by atoms with van der Waals surface area (Å²) < 4.78 is 27.9. The van der Waals surface area contributed by atoms with E-state index in [2.05, 4.69) is 15.2 Å². The molecule has 2 rings (SSSR count). The van der Waals surface area contributed by atoms with Crippen LogP contribution in [0.25, 0.3) is 0 Å². The fraction of sp³-hybridized carbons (Fsp3) is 0.500. The van der Waals surface area contributed by atoms with Gasteiger partial charge in [0.1, 0.15) is 5.82 Å². The SMILES string of the molecule is CC(C)n1c(N)nnc1SCc1nccn1C(F)F. The number of imidazole rings is 1. The first kappa shape index (κ1) is 13.8. The molecule has 0 aliphatic heterocycles. The minimum atomic E-state index is -2.59. The van der Waals surface area contributed by atoms with Crippen LogP contribution in [0.15, 0.2) is 17.6 Å². The van der Waals surface area contributed by atoms with Crippen molar-refractivity contribution in [3.05, 3.63) is 18.2 Å². The number of nitrogen functional groups attached to an aromatic ring is 1. The van der Waals surface area contributed by atoms with Gasteiger partial charge < -0.3 is 5.73 Å². The molecule has 0 spiro atoms. The molecule has 0 aliphatic carbocycles. The Morgan fingerprint density at radius 1 is 1.37 bits per heavy atom. The maximum Gasteiger partial charge on any atom is 0.319 e. The molecule has 0 aromatic carbocycles. The number of hydrogen-bond acceptors (Lipinski definition) is 5. The minimum Gasteiger partial charge on any atom is -0.368 e. The van der Waals surface area contributed by atoms with Crippen molar-refractivity contribution in [2.75, 3.05) is 5.73 Å². The van der Waals surface area contributed by atoms with Gasteiger partial charge in [-0.25, -0.2) is 4.98 Å². The highest BCUT2D eigenvalue weighted by molar-refractivity contribution is 7.98. The van der Waals surface area contributed by atoms with Gasteiger partial charge in [0.05, 0.1) is 5.75 Å². The maximum atomic E-state index is 12.7. The number of nitrogens with two attached hydrogens (primary N) is 1. The lowest BCUT2D eigenvalue weighted by atomic mass is 10.4. The second-order valence-corrected chi connectivity index (χ2v) is 5.06. The van der Waals surface area contributed by atoms with Gasteiger partial charge in [-0.15, -0.1) is 10.2 Å². The standard InChI is InChI=1S/C10H14F2N6S/c1-6(2)18-9(13)15-16-10(18)19-5-7-14-3-4-17(7)8(11)12/h3-4,6,8H,5H2,1-2H3,(H2,13,15). The Hall–Kier alpha value is -1.64. The van der Waals surface area contributed by atoms with Crippen LogP contribution >= 0.6 is 11.8 Å². The van der Waals surface area contributed by atoms with Crippen molar-refractivity contribution in [1.29, 1.82) is 0 Å². The van der Waals surface area contributed by atoms with Crippen molar-refractivity contribution < 1.29 is 8.78 Å². The lowest BCUT2D eigenvalue weighted by Gasteiger charge is -2.11. The van der Waals surface area contributed by atoms with Crippen LogP contribution in [-0.2, 0) is 5.75 Å². The highest BCUT2D eigenvalue weighted by Gasteiger charge is 2.16. The lowest BCUT2D eigenvalue weighted by molar-refractivity contribution is 0.0678. The highest BCUT2D eigenvalue weighted by Crippen LogP contribution is 2.26. The number of halogens is 2. The second-order valence-electron chi connectivity index (χ2n) is 4.12. The van der Waals surface area contributed by atoms with Crippen molar-refractivity contribution >= 4 is 17.7 Å². The first-order chi connectivity index (χ1) is 9.00. The number of alkyl halides is 2. The van der Waals surface area contributed by atoms with E-state index < -0.39 is 6.55 Å². The van der Waals surface area contributed by atoms with Crippen molar-refractivity contribution in [2.45, 2.75) is 37.3 Å². The van der Waals surface area contributed by atoms with Gasteiger partial charge in [0.25, 0.3) is 0 Å². The van der Waals surface area contributed by atoms with Crippen LogP contribution in [0, 0.1) is 0 Å². The third-order valence-corrected chi connectivity index (χ3v) is 3.44. The number of thioether (sulfide) groups is 1. The minimum absolute atomic E-state index is 0.104. The zero-order chi connectivity index (χ0) is 14.0. The molecule has 0 fully saturated rings. The summed E-state index contributed by atoms with van der Waals surface area (Å²) in [5.41, 5.74) is 5.70. The molecule has 104 valence electrons. The number of aromatic nitrogens is 5. The molecule has 0 saturated carbocycles. The summed E-state index contributed by atoms with van der Waals surface area (Å²) >= 11 is 1.28. The summed E-state index contributed by atoms with van der Waals surface area (Å²) in [5, 5.41) is 8.32. The van der Waals surface area contributed by atoms with Gasteiger partial charge in [-0.05, 0) is 13.8 Å². The number of nitrogens with zero attached hydrogens (tertiary/aromatic N) is 5. The zero-order valence-electron chi connectivity index (χ0n) is 10.5. The molecule has 6 nitrogen and oxygen atoms in total. The normalized spacial score (nSPS) is 11.7. The van der Waals surface area contributed by atoms with Gasteiger partial charge in [0.2, 0.25) is 5.95 Å². The molecule has 0 aliphatic rings. The van der Waals surface area contributed by atoms with Crippen molar-refractivity contribution in [1.82, 2.24) is 24.3 Å². The maximum absolute atomic E-state index is 12.7. The molecule has 0 radical (unpaired) electrons. The quantitative estimate of drug-likeness (QED) is 0.855. The Bertz CT molecular complexity index is 550. The van der Waals surface area contributed by atoms with Crippen LogP contribution in [0.4, 0.5) is 14.7 Å². The monoisotopic (exact) mass is 288 g/mol. The average Bonchev–Trinajstić information content (AvgIpc) is 2.92. The summed E-state index contributed by atoms with van der Waals surface area (Å²) in [5.74, 6) is 0.883. The Morgan fingerprint density at radius 3 is 2.74 bits per heavy atom. The smallest absolute Gasteiger partial charge is 0.319 e. The van der Waals surface area contributed by atoms with Crippen LogP contribution in [0.5, 0.6) is 0 Å². The predicted octanol–water partition coefficient (Wildman–Crippen LogP) is 2.33. The molecule has 0 bridgehead atoms. The third-order valence-electron chi connectivity index (χ3n) is 2.50. The summed E-state index contributed by atoms with van der Waals surface area (Å²) in [7, 11) is 0. The van der Waals surface area contributed by atoms with E-state index in [1.165, 1.54) is 24.2 Å². The van der Waals surface area contributed by atoms with E-state index in [-0.39, 0.29) is 17.6 Å². The molecule has 0 atom stereocenters. The number of anilines is 1. The Morgan fingerprint density at radius 2 is 2.11 bits per heavy atom. The number of rotatable bonds is 5. The largest absolute Gasteiger partial charge is 0.368 e. The second kappa shape index (κ2) is 5.55. The van der Waals surface area contributed by atoms with E-state index in [9.17, 15) is 8.78 Å². The molecule has 2 aromatic heterocycles. The van der Waals surface area contributed by atoms with E-state index >= 15 is 0 Å². The fourth-order valence-electron chi connectivity index (χ4n) is 1.63. The Kier molecular flexibility index (Phi) is 4.03. The fourth-order valence-corrected chi connectivity index (χ4v) is 2.66. The molecular formula is C10H14F2N6S. The van der Waals surface area contributed by atoms with Crippen LogP contribution in [0.1, 0.15) is 32.3 Å². The summed E-state index contributed by atoms with van der Waals surface area (Å²) in [6, 6.07) is 0.104. The summed E-state index contributed by atoms with van der Waals surface area (Å²) in [6.07, 6.45) is 2.60. The van der Waals surface area contributed by atoms with Gasteiger partial charge in [0, 0.05) is 18.4 Å². The molecule has 2 aromatic rings. The van der Waals surface area contributed by atoms with Gasteiger partial charge in [-0.2, -0.15) is 8.78 Å². The first-order valence-corrected chi connectivity index (χ1v) is 6.62. The molecule has 0 saturated heterocycles. The molecule has 19 heavy (non-hydrogen) atoms. The summed E-state index contributed by atoms with van der Waals surface area (Å²) in [4.78, 5) is 3.91. The summed E-state index contributed by atoms with van der Waals surface area (Å²) in [6.45, 7) is 1.31. The van der Waals surface area contributed by atoms with Gasteiger partial charge in [0.15, 0.2) is 5.16 Å². The van der Waals surface area contributed by atoms with Crippen LogP contribution in [-0.4, -0.2) is 24.3 Å². The molecule has 0 amide bonds. The van der Waals surface area contributed by atoms with Gasteiger partial charge in [-0.1, -0.05) is 11.8 Å². The van der Waals surface area contributed by atoms with Gasteiger partial charge in [-0.3, -0.25) is 9.13 Å². The molecule has 9 heteroatoms. The van der Waals surface area contributed by atoms with Crippen molar-refractivity contribution in [3.63, 3.8) is 0 Å². The van der Waals surface area contributed by atoms with Crippen molar-refractivity contribution in [3.8, 4) is 0 Å². The van der Waals surface area contributed by atoms with E-state index in [1.54, 1.807) is 4.57 Å². The lowest BCUT2D eigenvalue weighted by Crippen LogP contribution is -2.07. The van der Waals surface area contributed by atoms with E-state index in [0.29, 0.717) is 11.1 Å².